The zero-order chi connectivity index (χ0) is 12.1. The van der Waals surface area contributed by atoms with Crippen LogP contribution in [-0.4, -0.2) is 42.2 Å². The highest BCUT2D eigenvalue weighted by Crippen LogP contribution is 2.24. The Balaban J connectivity index is 1.98. The summed E-state index contributed by atoms with van der Waals surface area (Å²) in [6, 6.07) is 0.303. The van der Waals surface area contributed by atoms with E-state index in [2.05, 4.69) is 22.4 Å². The quantitative estimate of drug-likeness (QED) is 0.831. The molecule has 0 radical (unpaired) electrons. The number of nitrogens with one attached hydrogen (secondary N) is 1. The fourth-order valence-electron chi connectivity index (χ4n) is 1.93. The molecule has 1 N–H and O–H groups in total. The van der Waals surface area contributed by atoms with Crippen molar-refractivity contribution in [3.8, 4) is 0 Å². The Hall–Kier alpha value is -0.590. The highest BCUT2D eigenvalue weighted by atomic mass is 32.2. The molecule has 1 saturated heterocycles. The van der Waals surface area contributed by atoms with E-state index in [1.165, 1.54) is 0 Å². The molecule has 2 heterocycles. The first-order valence-corrected chi connectivity index (χ1v) is 7.37. The monoisotopic (exact) mass is 257 g/mol. The van der Waals surface area contributed by atoms with Crippen LogP contribution in [0.2, 0.25) is 0 Å². The molecular formula is C11H19N3O2S. The molecule has 0 aromatic carbocycles. The van der Waals surface area contributed by atoms with E-state index in [-0.39, 0.29) is 5.92 Å². The molecule has 1 fully saturated rings. The van der Waals surface area contributed by atoms with E-state index in [9.17, 15) is 0 Å². The number of thioether (sulfide) groups is 1. The van der Waals surface area contributed by atoms with Crippen LogP contribution in [0.15, 0.2) is 4.52 Å². The molecule has 2 rings (SSSR count). The first-order chi connectivity index (χ1) is 8.35. The molecule has 96 valence electrons. The molecule has 1 aliphatic rings. The SMILES string of the molecule is CCCNC1COCC1c1nc(CSC)no1. The molecule has 2 atom stereocenters. The summed E-state index contributed by atoms with van der Waals surface area (Å²) in [4.78, 5) is 4.42. The van der Waals surface area contributed by atoms with E-state index in [1.807, 2.05) is 6.26 Å². The predicted octanol–water partition coefficient (Wildman–Crippen LogP) is 1.41. The molecule has 1 aliphatic heterocycles. The lowest BCUT2D eigenvalue weighted by Crippen LogP contribution is -2.35. The van der Waals surface area contributed by atoms with Gasteiger partial charge in [0.25, 0.3) is 0 Å². The van der Waals surface area contributed by atoms with E-state index >= 15 is 0 Å². The fourth-order valence-corrected chi connectivity index (χ4v) is 2.31. The van der Waals surface area contributed by atoms with Gasteiger partial charge in [-0.2, -0.15) is 16.7 Å². The molecule has 17 heavy (non-hydrogen) atoms. The Morgan fingerprint density at radius 2 is 2.35 bits per heavy atom. The van der Waals surface area contributed by atoms with Gasteiger partial charge in [0.1, 0.15) is 0 Å². The van der Waals surface area contributed by atoms with Gasteiger partial charge in [-0.1, -0.05) is 12.1 Å². The Kier molecular flexibility index (Phi) is 4.82. The molecular weight excluding hydrogens is 238 g/mol. The van der Waals surface area contributed by atoms with Crippen molar-refractivity contribution >= 4 is 11.8 Å². The van der Waals surface area contributed by atoms with Gasteiger partial charge >= 0.3 is 0 Å². The summed E-state index contributed by atoms with van der Waals surface area (Å²) in [5, 5.41) is 7.44. The van der Waals surface area contributed by atoms with E-state index in [1.54, 1.807) is 11.8 Å². The molecule has 0 aliphatic carbocycles. The van der Waals surface area contributed by atoms with Crippen LogP contribution in [-0.2, 0) is 10.5 Å². The first-order valence-electron chi connectivity index (χ1n) is 5.97. The van der Waals surface area contributed by atoms with Gasteiger partial charge in [0.05, 0.1) is 24.9 Å². The summed E-state index contributed by atoms with van der Waals surface area (Å²) < 4.78 is 10.8. The highest BCUT2D eigenvalue weighted by molar-refractivity contribution is 7.97. The number of ether oxygens (including phenoxy) is 1. The molecule has 0 spiro atoms. The number of hydrogen-bond donors (Lipinski definition) is 1. The zero-order valence-electron chi connectivity index (χ0n) is 10.3. The topological polar surface area (TPSA) is 60.2 Å². The third kappa shape index (κ3) is 3.20. The van der Waals surface area contributed by atoms with Crippen LogP contribution < -0.4 is 5.32 Å². The molecule has 0 saturated carbocycles. The van der Waals surface area contributed by atoms with Crippen LogP contribution in [0.1, 0.15) is 31.0 Å². The van der Waals surface area contributed by atoms with Crippen molar-refractivity contribution in [2.75, 3.05) is 26.0 Å². The predicted molar refractivity (Wildman–Crippen MR) is 67.2 cm³/mol. The highest BCUT2D eigenvalue weighted by Gasteiger charge is 2.33. The minimum absolute atomic E-state index is 0.199. The van der Waals surface area contributed by atoms with E-state index < -0.39 is 0 Å². The average molecular weight is 257 g/mol. The van der Waals surface area contributed by atoms with Crippen LogP contribution in [0, 0.1) is 0 Å². The zero-order valence-corrected chi connectivity index (χ0v) is 11.1. The summed E-state index contributed by atoms with van der Waals surface area (Å²) in [6.45, 7) is 4.55. The van der Waals surface area contributed by atoms with Crippen molar-refractivity contribution in [3.63, 3.8) is 0 Å². The second-order valence-corrected chi connectivity index (χ2v) is 5.05. The van der Waals surface area contributed by atoms with Crippen LogP contribution in [0.4, 0.5) is 0 Å². The Morgan fingerprint density at radius 3 is 3.12 bits per heavy atom. The Morgan fingerprint density at radius 1 is 1.47 bits per heavy atom. The van der Waals surface area contributed by atoms with Gasteiger partial charge in [-0.25, -0.2) is 0 Å². The van der Waals surface area contributed by atoms with Crippen molar-refractivity contribution in [1.29, 1.82) is 0 Å². The Labute approximate surface area is 106 Å². The van der Waals surface area contributed by atoms with Crippen molar-refractivity contribution in [2.24, 2.45) is 0 Å². The summed E-state index contributed by atoms with van der Waals surface area (Å²) in [6.07, 6.45) is 3.14. The van der Waals surface area contributed by atoms with Gasteiger partial charge < -0.3 is 14.6 Å². The number of rotatable bonds is 6. The Bertz CT molecular complexity index is 345. The summed E-state index contributed by atoms with van der Waals surface area (Å²) in [7, 11) is 0. The van der Waals surface area contributed by atoms with Gasteiger partial charge in [0.15, 0.2) is 5.82 Å². The lowest BCUT2D eigenvalue weighted by molar-refractivity contribution is 0.184. The average Bonchev–Trinajstić information content (AvgIpc) is 2.94. The lowest BCUT2D eigenvalue weighted by atomic mass is 10.0. The minimum atomic E-state index is 0.199. The van der Waals surface area contributed by atoms with Crippen LogP contribution >= 0.6 is 11.8 Å². The molecule has 5 nitrogen and oxygen atoms in total. The normalized spacial score (nSPS) is 24.4. The second-order valence-electron chi connectivity index (χ2n) is 4.19. The maximum atomic E-state index is 5.49. The summed E-state index contributed by atoms with van der Waals surface area (Å²) in [5.41, 5.74) is 0. The van der Waals surface area contributed by atoms with Crippen molar-refractivity contribution in [3.05, 3.63) is 11.7 Å². The third-order valence-electron chi connectivity index (χ3n) is 2.81. The standard InChI is InChI=1S/C11H19N3O2S/c1-3-4-12-9-6-15-5-8(9)11-13-10(7-17-2)14-16-11/h8-9,12H,3-7H2,1-2H3. The number of nitrogens with zero attached hydrogens (tertiary/aromatic N) is 2. The van der Waals surface area contributed by atoms with Crippen molar-refractivity contribution < 1.29 is 9.26 Å². The molecule has 1 aromatic rings. The van der Waals surface area contributed by atoms with Crippen molar-refractivity contribution in [2.45, 2.75) is 31.1 Å². The van der Waals surface area contributed by atoms with Gasteiger partial charge in [0.2, 0.25) is 5.89 Å². The van der Waals surface area contributed by atoms with Crippen molar-refractivity contribution in [1.82, 2.24) is 15.5 Å². The molecule has 2 unspecified atom stereocenters. The van der Waals surface area contributed by atoms with E-state index in [4.69, 9.17) is 9.26 Å². The van der Waals surface area contributed by atoms with Crippen LogP contribution in [0.5, 0.6) is 0 Å². The van der Waals surface area contributed by atoms with Gasteiger partial charge in [-0.3, -0.25) is 0 Å². The number of aromatic nitrogens is 2. The van der Waals surface area contributed by atoms with Gasteiger partial charge in [0, 0.05) is 6.04 Å². The molecule has 0 amide bonds. The first kappa shape index (κ1) is 12.9. The summed E-state index contributed by atoms with van der Waals surface area (Å²) in [5.74, 6) is 2.47. The van der Waals surface area contributed by atoms with E-state index in [0.717, 1.165) is 31.1 Å². The number of hydrogen-bond acceptors (Lipinski definition) is 6. The maximum absolute atomic E-state index is 5.49. The maximum Gasteiger partial charge on any atom is 0.233 e. The third-order valence-corrected chi connectivity index (χ3v) is 3.36. The molecule has 1 aromatic heterocycles. The van der Waals surface area contributed by atoms with Crippen LogP contribution in [0.3, 0.4) is 0 Å². The van der Waals surface area contributed by atoms with Gasteiger partial charge in [-0.05, 0) is 19.2 Å². The second kappa shape index (κ2) is 6.37. The molecule has 0 bridgehead atoms. The smallest absolute Gasteiger partial charge is 0.233 e. The van der Waals surface area contributed by atoms with Gasteiger partial charge in [-0.15, -0.1) is 0 Å². The minimum Gasteiger partial charge on any atom is -0.379 e. The fraction of sp³-hybridized carbons (Fsp3) is 0.818. The molecule has 6 heteroatoms. The van der Waals surface area contributed by atoms with E-state index in [0.29, 0.717) is 18.5 Å². The largest absolute Gasteiger partial charge is 0.379 e. The van der Waals surface area contributed by atoms with Crippen LogP contribution in [0.25, 0.3) is 0 Å². The lowest BCUT2D eigenvalue weighted by Gasteiger charge is -2.14. The summed E-state index contributed by atoms with van der Waals surface area (Å²) >= 11 is 1.69.